The molecule has 23 heavy (non-hydrogen) atoms. The Labute approximate surface area is 142 Å². The molecule has 0 unspecified atom stereocenters. The first-order valence-electron chi connectivity index (χ1n) is 8.31. The van der Waals surface area contributed by atoms with E-state index in [2.05, 4.69) is 73.7 Å². The van der Waals surface area contributed by atoms with E-state index in [-0.39, 0.29) is 0 Å². The fraction of sp³-hybridized carbons (Fsp3) is 0.182. The summed E-state index contributed by atoms with van der Waals surface area (Å²) in [6.45, 7) is 2.23. The normalized spacial score (nSPS) is 16.0. The van der Waals surface area contributed by atoms with Gasteiger partial charge in [-0.25, -0.2) is 0 Å². The average Bonchev–Trinajstić information content (AvgIpc) is 2.76. The number of benzene rings is 2. The van der Waals surface area contributed by atoms with Gasteiger partial charge in [0.25, 0.3) is 0 Å². The number of rotatable bonds is 3. The third-order valence-electron chi connectivity index (χ3n) is 4.45. The lowest BCUT2D eigenvalue weighted by atomic mass is 10.0. The van der Waals surface area contributed by atoms with Gasteiger partial charge in [-0.1, -0.05) is 79.7 Å². The smallest absolute Gasteiger partial charge is 0.0194 e. The monoisotopic (exact) mass is 316 g/mol. The van der Waals surface area contributed by atoms with Crippen molar-refractivity contribution in [1.82, 2.24) is 0 Å². The van der Waals surface area contributed by atoms with E-state index in [0.717, 1.165) is 12.8 Å². The maximum atomic E-state index is 2.36. The van der Waals surface area contributed by atoms with E-state index < -0.39 is 0 Å². The van der Waals surface area contributed by atoms with Gasteiger partial charge in [0.1, 0.15) is 0 Å². The van der Waals surface area contributed by atoms with Crippen LogP contribution >= 0.6 is 11.8 Å². The zero-order valence-corrected chi connectivity index (χ0v) is 14.2. The van der Waals surface area contributed by atoms with E-state index >= 15 is 0 Å². The molecule has 1 aliphatic heterocycles. The molecule has 0 N–H and O–H groups in total. The van der Waals surface area contributed by atoms with E-state index in [1.807, 2.05) is 11.8 Å². The van der Waals surface area contributed by atoms with Crippen molar-refractivity contribution in [3.05, 3.63) is 88.4 Å². The van der Waals surface area contributed by atoms with Crippen molar-refractivity contribution in [1.29, 1.82) is 0 Å². The molecule has 114 valence electrons. The molecule has 2 aromatic rings. The molecule has 0 radical (unpaired) electrons. The van der Waals surface area contributed by atoms with Gasteiger partial charge in [-0.15, -0.1) is 0 Å². The van der Waals surface area contributed by atoms with Gasteiger partial charge in [0.2, 0.25) is 0 Å². The molecule has 0 nitrogen and oxygen atoms in total. The largest absolute Gasteiger partial charge is 0.0935 e. The molecule has 4 rings (SSSR count). The Morgan fingerprint density at radius 3 is 2.61 bits per heavy atom. The SMILES string of the molecule is CCCc1ccc(C2=CC=C3CC(=C2)Sc2ccccc23)cc1. The zero-order chi connectivity index (χ0) is 15.6. The second-order valence-corrected chi connectivity index (χ2v) is 7.31. The highest BCUT2D eigenvalue weighted by Crippen LogP contribution is 2.46. The van der Waals surface area contributed by atoms with Gasteiger partial charge in [0.05, 0.1) is 0 Å². The van der Waals surface area contributed by atoms with Gasteiger partial charge >= 0.3 is 0 Å². The van der Waals surface area contributed by atoms with E-state index in [1.165, 1.54) is 44.1 Å². The molecule has 0 fully saturated rings. The van der Waals surface area contributed by atoms with Crippen molar-refractivity contribution in [2.75, 3.05) is 0 Å². The lowest BCUT2D eigenvalue weighted by Crippen LogP contribution is -1.95. The van der Waals surface area contributed by atoms with E-state index in [9.17, 15) is 0 Å². The molecule has 0 saturated heterocycles. The molecule has 2 aliphatic rings. The van der Waals surface area contributed by atoms with Crippen molar-refractivity contribution in [3.8, 4) is 0 Å². The predicted octanol–water partition coefficient (Wildman–Crippen LogP) is 6.50. The Kier molecular flexibility index (Phi) is 3.97. The Hall–Kier alpha value is -1.99. The minimum atomic E-state index is 1.05. The van der Waals surface area contributed by atoms with Crippen LogP contribution in [-0.2, 0) is 6.42 Å². The zero-order valence-electron chi connectivity index (χ0n) is 13.4. The number of aryl methyl sites for hydroxylation is 1. The van der Waals surface area contributed by atoms with E-state index in [0.29, 0.717) is 0 Å². The number of hydrogen-bond acceptors (Lipinski definition) is 1. The molecule has 1 heteroatoms. The highest BCUT2D eigenvalue weighted by Gasteiger charge is 2.19. The summed E-state index contributed by atoms with van der Waals surface area (Å²) < 4.78 is 0. The van der Waals surface area contributed by atoms with E-state index in [4.69, 9.17) is 0 Å². The summed E-state index contributed by atoms with van der Waals surface area (Å²) >= 11 is 1.91. The van der Waals surface area contributed by atoms with Gasteiger partial charge in [-0.3, -0.25) is 0 Å². The minimum absolute atomic E-state index is 1.05. The minimum Gasteiger partial charge on any atom is -0.0935 e. The summed E-state index contributed by atoms with van der Waals surface area (Å²) in [4.78, 5) is 2.82. The van der Waals surface area contributed by atoms with Crippen molar-refractivity contribution in [2.24, 2.45) is 0 Å². The summed E-state index contributed by atoms with van der Waals surface area (Å²) in [5, 5.41) is 0. The van der Waals surface area contributed by atoms with Gasteiger partial charge in [-0.05, 0) is 51.3 Å². The highest BCUT2D eigenvalue weighted by molar-refractivity contribution is 8.03. The Bertz CT molecular complexity index is 819. The van der Waals surface area contributed by atoms with Crippen LogP contribution in [0.1, 0.15) is 36.5 Å². The van der Waals surface area contributed by atoms with Crippen LogP contribution in [0.25, 0.3) is 11.1 Å². The summed E-state index contributed by atoms with van der Waals surface area (Å²) in [7, 11) is 0. The van der Waals surface area contributed by atoms with Gasteiger partial charge < -0.3 is 0 Å². The Balaban J connectivity index is 1.70. The average molecular weight is 316 g/mol. The quantitative estimate of drug-likeness (QED) is 0.623. The van der Waals surface area contributed by atoms with Gasteiger partial charge in [0.15, 0.2) is 0 Å². The first-order valence-corrected chi connectivity index (χ1v) is 9.13. The van der Waals surface area contributed by atoms with Gasteiger partial charge in [0, 0.05) is 11.3 Å². The second kappa shape index (κ2) is 6.25. The fourth-order valence-electron chi connectivity index (χ4n) is 3.25. The van der Waals surface area contributed by atoms with E-state index in [1.54, 1.807) is 0 Å². The Morgan fingerprint density at radius 2 is 1.78 bits per heavy atom. The number of hydrogen-bond donors (Lipinski definition) is 0. The van der Waals surface area contributed by atoms with Crippen molar-refractivity contribution >= 4 is 22.9 Å². The fourth-order valence-corrected chi connectivity index (χ4v) is 4.41. The third kappa shape index (κ3) is 2.94. The highest BCUT2D eigenvalue weighted by atomic mass is 32.2. The van der Waals surface area contributed by atoms with Crippen molar-refractivity contribution in [3.63, 3.8) is 0 Å². The number of fused-ring (bicyclic) bond motifs is 4. The second-order valence-electron chi connectivity index (χ2n) is 6.15. The Morgan fingerprint density at radius 1 is 0.957 bits per heavy atom. The van der Waals surface area contributed by atoms with Crippen LogP contribution < -0.4 is 0 Å². The predicted molar refractivity (Wildman–Crippen MR) is 101 cm³/mol. The maximum Gasteiger partial charge on any atom is 0.0194 e. The topological polar surface area (TPSA) is 0 Å². The maximum absolute atomic E-state index is 2.36. The molecule has 1 aliphatic carbocycles. The summed E-state index contributed by atoms with van der Waals surface area (Å²) in [6, 6.07) is 17.8. The molecule has 0 atom stereocenters. The molecule has 2 bridgehead atoms. The molecular weight excluding hydrogens is 296 g/mol. The van der Waals surface area contributed by atoms with Crippen LogP contribution in [0.2, 0.25) is 0 Å². The summed E-state index contributed by atoms with van der Waals surface area (Å²) in [5.41, 5.74) is 6.88. The van der Waals surface area contributed by atoms with Crippen LogP contribution in [0.4, 0.5) is 0 Å². The molecular formula is C22H20S. The molecule has 0 aromatic heterocycles. The molecule has 2 aromatic carbocycles. The van der Waals surface area contributed by atoms with Crippen LogP contribution in [0.3, 0.4) is 0 Å². The lowest BCUT2D eigenvalue weighted by molar-refractivity contribution is 0.922. The van der Waals surface area contributed by atoms with Crippen molar-refractivity contribution < 1.29 is 0 Å². The number of thioether (sulfide) groups is 1. The molecule has 0 saturated carbocycles. The first kappa shape index (κ1) is 14.6. The first-order chi connectivity index (χ1) is 11.3. The van der Waals surface area contributed by atoms with Crippen LogP contribution in [0.15, 0.2) is 76.6 Å². The molecule has 1 heterocycles. The number of allylic oxidation sites excluding steroid dienone is 6. The van der Waals surface area contributed by atoms with Crippen LogP contribution in [-0.4, -0.2) is 0 Å². The lowest BCUT2D eigenvalue weighted by Gasteiger charge is -2.19. The van der Waals surface area contributed by atoms with Crippen LogP contribution in [0.5, 0.6) is 0 Å². The standard InChI is InChI=1S/C22H20S/c1-2-5-16-8-10-17(11-9-16)18-12-13-19-15-20(14-18)23-22-7-4-3-6-21(19)22/h3-4,6-14H,2,5,15H2,1H3. The van der Waals surface area contributed by atoms with Gasteiger partial charge in [-0.2, -0.15) is 0 Å². The summed E-state index contributed by atoms with van der Waals surface area (Å²) in [6.07, 6.45) is 10.4. The van der Waals surface area contributed by atoms with Crippen LogP contribution in [0, 0.1) is 0 Å². The molecule has 0 amide bonds. The third-order valence-corrected chi connectivity index (χ3v) is 5.55. The summed E-state index contributed by atoms with van der Waals surface area (Å²) in [5.74, 6) is 0. The van der Waals surface area contributed by atoms with Crippen molar-refractivity contribution in [2.45, 2.75) is 31.1 Å². The molecule has 0 spiro atoms.